The zero-order valence-corrected chi connectivity index (χ0v) is 9.16. The number of rotatable bonds is 2. The standard InChI is InChI=1S/C13H9ClNO/c14-11-8-6-10(7-9-11)13(16)15-12-4-2-1-3-5-12/h1-4,6-9H,(H,15,16). The van der Waals surface area contributed by atoms with Crippen LogP contribution in [-0.2, 0) is 0 Å². The van der Waals surface area contributed by atoms with E-state index >= 15 is 0 Å². The van der Waals surface area contributed by atoms with E-state index in [1.807, 2.05) is 12.1 Å². The normalized spacial score (nSPS) is 9.81. The van der Waals surface area contributed by atoms with E-state index in [9.17, 15) is 4.79 Å². The van der Waals surface area contributed by atoms with Gasteiger partial charge in [-0.1, -0.05) is 29.8 Å². The van der Waals surface area contributed by atoms with Crippen LogP contribution in [0.2, 0.25) is 5.02 Å². The highest BCUT2D eigenvalue weighted by atomic mass is 35.5. The molecule has 0 saturated heterocycles. The SMILES string of the molecule is O=C(Nc1[c]cccc1)c1ccc(Cl)cc1. The van der Waals surface area contributed by atoms with Gasteiger partial charge in [0.15, 0.2) is 0 Å². The summed E-state index contributed by atoms with van der Waals surface area (Å²) in [7, 11) is 0. The Hall–Kier alpha value is -1.80. The molecule has 2 aromatic carbocycles. The Bertz CT molecular complexity index is 479. The van der Waals surface area contributed by atoms with Gasteiger partial charge in [-0.15, -0.1) is 0 Å². The van der Waals surface area contributed by atoms with Crippen LogP contribution in [0.15, 0.2) is 48.5 Å². The largest absolute Gasteiger partial charge is 0.321 e. The summed E-state index contributed by atoms with van der Waals surface area (Å²) in [5, 5.41) is 3.35. The predicted octanol–water partition coefficient (Wildman–Crippen LogP) is 3.39. The topological polar surface area (TPSA) is 29.1 Å². The van der Waals surface area contributed by atoms with Crippen LogP contribution in [0.4, 0.5) is 5.69 Å². The van der Waals surface area contributed by atoms with Gasteiger partial charge in [0.1, 0.15) is 0 Å². The van der Waals surface area contributed by atoms with Gasteiger partial charge in [-0.25, -0.2) is 0 Å². The second-order valence-electron chi connectivity index (χ2n) is 3.24. The minimum absolute atomic E-state index is 0.167. The Balaban J connectivity index is 2.12. The van der Waals surface area contributed by atoms with Crippen molar-refractivity contribution >= 4 is 23.2 Å². The molecule has 1 amide bonds. The molecule has 0 spiro atoms. The molecule has 0 aromatic heterocycles. The number of benzene rings is 2. The van der Waals surface area contributed by atoms with E-state index in [2.05, 4.69) is 11.4 Å². The Morgan fingerprint density at radius 2 is 1.88 bits per heavy atom. The molecule has 0 atom stereocenters. The number of hydrogen-bond donors (Lipinski definition) is 1. The maximum absolute atomic E-state index is 11.8. The Labute approximate surface area is 98.9 Å². The van der Waals surface area contributed by atoms with Crippen molar-refractivity contribution in [3.63, 3.8) is 0 Å². The summed E-state index contributed by atoms with van der Waals surface area (Å²) in [5.41, 5.74) is 1.23. The number of nitrogens with one attached hydrogen (secondary N) is 1. The van der Waals surface area contributed by atoms with Gasteiger partial charge in [-0.05, 0) is 30.3 Å². The van der Waals surface area contributed by atoms with Crippen molar-refractivity contribution < 1.29 is 4.79 Å². The highest BCUT2D eigenvalue weighted by Gasteiger charge is 2.04. The fourth-order valence-corrected chi connectivity index (χ4v) is 1.39. The molecule has 16 heavy (non-hydrogen) atoms. The highest BCUT2D eigenvalue weighted by molar-refractivity contribution is 6.30. The molecule has 2 nitrogen and oxygen atoms in total. The van der Waals surface area contributed by atoms with E-state index < -0.39 is 0 Å². The number of anilines is 1. The summed E-state index contributed by atoms with van der Waals surface area (Å²) < 4.78 is 0. The number of halogens is 1. The summed E-state index contributed by atoms with van der Waals surface area (Å²) >= 11 is 5.74. The van der Waals surface area contributed by atoms with Crippen molar-refractivity contribution in [1.82, 2.24) is 0 Å². The van der Waals surface area contributed by atoms with E-state index in [0.717, 1.165) is 0 Å². The number of amides is 1. The van der Waals surface area contributed by atoms with Gasteiger partial charge in [0.2, 0.25) is 0 Å². The molecule has 0 heterocycles. The van der Waals surface area contributed by atoms with Crippen molar-refractivity contribution in [2.45, 2.75) is 0 Å². The molecule has 2 aromatic rings. The van der Waals surface area contributed by atoms with Gasteiger partial charge < -0.3 is 5.32 Å². The van der Waals surface area contributed by atoms with E-state index in [-0.39, 0.29) is 5.91 Å². The van der Waals surface area contributed by atoms with Crippen molar-refractivity contribution in [1.29, 1.82) is 0 Å². The lowest BCUT2D eigenvalue weighted by atomic mass is 10.2. The van der Waals surface area contributed by atoms with Gasteiger partial charge in [0.25, 0.3) is 5.91 Å². The third-order valence-corrected chi connectivity index (χ3v) is 2.32. The van der Waals surface area contributed by atoms with Crippen molar-refractivity contribution in [3.05, 3.63) is 65.2 Å². The molecule has 0 aliphatic rings. The van der Waals surface area contributed by atoms with E-state index in [0.29, 0.717) is 16.3 Å². The second kappa shape index (κ2) is 4.81. The number of hydrogen-bond acceptors (Lipinski definition) is 1. The van der Waals surface area contributed by atoms with Crippen LogP contribution in [0.3, 0.4) is 0 Å². The van der Waals surface area contributed by atoms with E-state index in [1.54, 1.807) is 36.4 Å². The molecule has 1 radical (unpaired) electrons. The molecule has 1 N–H and O–H groups in total. The van der Waals surface area contributed by atoms with Gasteiger partial charge >= 0.3 is 0 Å². The molecule has 0 aliphatic carbocycles. The van der Waals surface area contributed by atoms with Crippen LogP contribution in [-0.4, -0.2) is 5.91 Å². The van der Waals surface area contributed by atoms with Crippen LogP contribution in [0.25, 0.3) is 0 Å². The first-order valence-electron chi connectivity index (χ1n) is 4.79. The van der Waals surface area contributed by atoms with Gasteiger partial charge in [0, 0.05) is 22.3 Å². The fourth-order valence-electron chi connectivity index (χ4n) is 1.27. The van der Waals surface area contributed by atoms with E-state index in [1.165, 1.54) is 0 Å². The molecule has 0 aliphatic heterocycles. The average Bonchev–Trinajstić information content (AvgIpc) is 2.31. The Morgan fingerprint density at radius 3 is 2.50 bits per heavy atom. The lowest BCUT2D eigenvalue weighted by molar-refractivity contribution is 0.102. The third-order valence-electron chi connectivity index (χ3n) is 2.06. The van der Waals surface area contributed by atoms with Gasteiger partial charge in [0.05, 0.1) is 0 Å². The predicted molar refractivity (Wildman–Crippen MR) is 64.7 cm³/mol. The average molecular weight is 231 g/mol. The first kappa shape index (κ1) is 10.7. The number of carbonyl (C=O) groups is 1. The zero-order valence-electron chi connectivity index (χ0n) is 8.41. The lowest BCUT2D eigenvalue weighted by Gasteiger charge is -2.04. The van der Waals surface area contributed by atoms with Crippen LogP contribution in [0, 0.1) is 6.07 Å². The fraction of sp³-hybridized carbons (Fsp3) is 0. The molecule has 0 saturated carbocycles. The third kappa shape index (κ3) is 2.61. The van der Waals surface area contributed by atoms with Gasteiger partial charge in [-0.3, -0.25) is 4.79 Å². The lowest BCUT2D eigenvalue weighted by Crippen LogP contribution is -2.11. The smallest absolute Gasteiger partial charge is 0.255 e. The molecule has 2 rings (SSSR count). The monoisotopic (exact) mass is 230 g/mol. The molecular formula is C13H9ClNO. The summed E-state index contributed by atoms with van der Waals surface area (Å²) in [5.74, 6) is -0.167. The summed E-state index contributed by atoms with van der Waals surface area (Å²) in [6.45, 7) is 0. The molecule has 0 fully saturated rings. The minimum Gasteiger partial charge on any atom is -0.321 e. The van der Waals surface area contributed by atoms with Crippen LogP contribution in [0.5, 0.6) is 0 Å². The Kier molecular flexibility index (Phi) is 3.22. The molecule has 0 unspecified atom stereocenters. The quantitative estimate of drug-likeness (QED) is 0.842. The first-order chi connectivity index (χ1) is 7.75. The van der Waals surface area contributed by atoms with Crippen LogP contribution in [0.1, 0.15) is 10.4 Å². The van der Waals surface area contributed by atoms with E-state index in [4.69, 9.17) is 11.6 Å². The molecule has 79 valence electrons. The Morgan fingerprint density at radius 1 is 1.12 bits per heavy atom. The van der Waals surface area contributed by atoms with Crippen LogP contribution < -0.4 is 5.32 Å². The number of para-hydroxylation sites is 1. The maximum Gasteiger partial charge on any atom is 0.255 e. The zero-order chi connectivity index (χ0) is 11.4. The van der Waals surface area contributed by atoms with Crippen molar-refractivity contribution in [2.75, 3.05) is 5.32 Å². The molecular weight excluding hydrogens is 222 g/mol. The summed E-state index contributed by atoms with van der Waals surface area (Å²) in [6.07, 6.45) is 0. The number of carbonyl (C=O) groups excluding carboxylic acids is 1. The molecule has 3 heteroatoms. The first-order valence-corrected chi connectivity index (χ1v) is 5.17. The van der Waals surface area contributed by atoms with Crippen LogP contribution >= 0.6 is 11.6 Å². The summed E-state index contributed by atoms with van der Waals surface area (Å²) in [6, 6.07) is 16.9. The minimum atomic E-state index is -0.167. The highest BCUT2D eigenvalue weighted by Crippen LogP contribution is 2.11. The van der Waals surface area contributed by atoms with Crippen molar-refractivity contribution in [2.24, 2.45) is 0 Å². The molecule has 0 bridgehead atoms. The maximum atomic E-state index is 11.8. The summed E-state index contributed by atoms with van der Waals surface area (Å²) in [4.78, 5) is 11.8. The van der Waals surface area contributed by atoms with Crippen molar-refractivity contribution in [3.8, 4) is 0 Å². The van der Waals surface area contributed by atoms with Gasteiger partial charge in [-0.2, -0.15) is 0 Å². The second-order valence-corrected chi connectivity index (χ2v) is 3.67.